The van der Waals surface area contributed by atoms with Crippen LogP contribution in [0.2, 0.25) is 0 Å². The number of benzene rings is 1. The number of piperidine rings is 1. The van der Waals surface area contributed by atoms with Crippen LogP contribution in [0.1, 0.15) is 41.0 Å². The van der Waals surface area contributed by atoms with Crippen molar-refractivity contribution >= 4 is 17.4 Å². The Bertz CT molecular complexity index is 1140. The minimum atomic E-state index is -0.232. The fourth-order valence-corrected chi connectivity index (χ4v) is 5.19. The second kappa shape index (κ2) is 9.49. The molecule has 0 aliphatic carbocycles. The highest BCUT2D eigenvalue weighted by Crippen LogP contribution is 2.25. The normalized spacial score (nSPS) is 16.7. The molecular weight excluding hydrogens is 429 g/mol. The molecule has 0 unspecified atom stereocenters. The number of piperazine rings is 1. The maximum Gasteiger partial charge on any atom is 0.255 e. The van der Waals surface area contributed by atoms with E-state index in [4.69, 9.17) is 4.98 Å². The molecule has 2 aliphatic heterocycles. The third kappa shape index (κ3) is 4.39. The van der Waals surface area contributed by atoms with E-state index < -0.39 is 0 Å². The summed E-state index contributed by atoms with van der Waals surface area (Å²) in [5, 5.41) is 0. The third-order valence-electron chi connectivity index (χ3n) is 7.09. The molecule has 2 aliphatic rings. The number of carbonyl (C=O) groups is 1. The van der Waals surface area contributed by atoms with Gasteiger partial charge in [-0.25, -0.2) is 9.37 Å². The fraction of sp³-hybridized carbons (Fsp3) is 0.407. The van der Waals surface area contributed by atoms with Crippen LogP contribution in [0.3, 0.4) is 0 Å². The van der Waals surface area contributed by atoms with Crippen molar-refractivity contribution in [2.45, 2.75) is 33.1 Å². The first-order chi connectivity index (χ1) is 16.5. The molecule has 0 bridgehead atoms. The Morgan fingerprint density at radius 2 is 1.50 bits per heavy atom. The predicted octanol–water partition coefficient (Wildman–Crippen LogP) is 4.58. The summed E-state index contributed by atoms with van der Waals surface area (Å²) in [6.07, 6.45) is 5.67. The topological polar surface area (TPSA) is 44.6 Å². The van der Waals surface area contributed by atoms with Crippen LogP contribution in [0.4, 0.5) is 15.9 Å². The molecule has 4 heterocycles. The Balaban J connectivity index is 1.29. The summed E-state index contributed by atoms with van der Waals surface area (Å²) < 4.78 is 15.4. The summed E-state index contributed by atoms with van der Waals surface area (Å²) in [6, 6.07) is 12.7. The summed E-state index contributed by atoms with van der Waals surface area (Å²) in [7, 11) is 0. The van der Waals surface area contributed by atoms with Gasteiger partial charge in [0.25, 0.3) is 5.91 Å². The van der Waals surface area contributed by atoms with Gasteiger partial charge in [-0.1, -0.05) is 0 Å². The molecule has 6 nitrogen and oxygen atoms in total. The largest absolute Gasteiger partial charge is 0.368 e. The number of hydrogen-bond acceptors (Lipinski definition) is 4. The lowest BCUT2D eigenvalue weighted by molar-refractivity contribution is 0.0746. The molecule has 178 valence electrons. The van der Waals surface area contributed by atoms with E-state index >= 15 is 0 Å². The third-order valence-corrected chi connectivity index (χ3v) is 7.09. The van der Waals surface area contributed by atoms with Crippen LogP contribution in [0.25, 0.3) is 5.69 Å². The van der Waals surface area contributed by atoms with Crippen LogP contribution in [-0.4, -0.2) is 59.6 Å². The highest BCUT2D eigenvalue weighted by molar-refractivity contribution is 5.96. The minimum Gasteiger partial charge on any atom is -0.368 e. The number of amides is 1. The van der Waals surface area contributed by atoms with Crippen molar-refractivity contribution in [2.75, 3.05) is 49.1 Å². The van der Waals surface area contributed by atoms with Gasteiger partial charge in [0.2, 0.25) is 0 Å². The average Bonchev–Trinajstić information content (AvgIpc) is 3.18. The van der Waals surface area contributed by atoms with Gasteiger partial charge in [-0.2, -0.15) is 0 Å². The molecule has 1 aromatic carbocycles. The van der Waals surface area contributed by atoms with E-state index in [0.717, 1.165) is 60.3 Å². The number of halogens is 1. The number of aryl methyl sites for hydroxylation is 1. The van der Waals surface area contributed by atoms with Crippen LogP contribution in [0, 0.1) is 19.7 Å². The van der Waals surface area contributed by atoms with Gasteiger partial charge in [-0.05, 0) is 75.6 Å². The number of rotatable bonds is 4. The molecule has 0 N–H and O–H groups in total. The molecule has 5 rings (SSSR count). The van der Waals surface area contributed by atoms with Gasteiger partial charge in [-0.3, -0.25) is 4.79 Å². The molecule has 0 atom stereocenters. The van der Waals surface area contributed by atoms with Gasteiger partial charge in [0.1, 0.15) is 11.6 Å². The standard InChI is InChI=1S/C27H32FN5O/c1-20-18-25(27(34)32-16-14-30(15-17-32)23-8-6-22(28)7-9-23)21(2)33(20)24-10-11-26(29-19-24)31-12-4-3-5-13-31/h6-11,18-19H,3-5,12-17H2,1-2H3. The minimum absolute atomic E-state index is 0.0657. The summed E-state index contributed by atoms with van der Waals surface area (Å²) in [5.41, 5.74) is 4.69. The van der Waals surface area contributed by atoms with Crippen LogP contribution in [0.15, 0.2) is 48.7 Å². The van der Waals surface area contributed by atoms with Crippen molar-refractivity contribution in [1.29, 1.82) is 0 Å². The van der Waals surface area contributed by atoms with E-state index in [1.807, 2.05) is 31.0 Å². The molecule has 34 heavy (non-hydrogen) atoms. The van der Waals surface area contributed by atoms with Crippen LogP contribution in [-0.2, 0) is 0 Å². The number of hydrogen-bond donors (Lipinski definition) is 0. The van der Waals surface area contributed by atoms with Crippen LogP contribution >= 0.6 is 0 Å². The van der Waals surface area contributed by atoms with Crippen molar-refractivity contribution in [3.8, 4) is 5.69 Å². The summed E-state index contributed by atoms with van der Waals surface area (Å²) in [5.74, 6) is 0.862. The van der Waals surface area contributed by atoms with Gasteiger partial charge in [-0.15, -0.1) is 0 Å². The summed E-state index contributed by atoms with van der Waals surface area (Å²) >= 11 is 0. The monoisotopic (exact) mass is 461 g/mol. The van der Waals surface area contributed by atoms with Gasteiger partial charge < -0.3 is 19.3 Å². The number of carbonyl (C=O) groups excluding carboxylic acids is 1. The van der Waals surface area contributed by atoms with Gasteiger partial charge in [0.15, 0.2) is 0 Å². The zero-order valence-corrected chi connectivity index (χ0v) is 20.0. The molecule has 1 amide bonds. The van der Waals surface area contributed by atoms with E-state index in [2.05, 4.69) is 26.5 Å². The molecular formula is C27H32FN5O. The summed E-state index contributed by atoms with van der Waals surface area (Å²) in [6.45, 7) is 8.94. The number of anilines is 2. The lowest BCUT2D eigenvalue weighted by Crippen LogP contribution is -2.48. The quantitative estimate of drug-likeness (QED) is 0.571. The molecule has 0 spiro atoms. The second-order valence-corrected chi connectivity index (χ2v) is 9.30. The van der Waals surface area contributed by atoms with E-state index in [0.29, 0.717) is 13.1 Å². The number of nitrogens with zero attached hydrogens (tertiary/aromatic N) is 5. The SMILES string of the molecule is Cc1cc(C(=O)N2CCN(c3ccc(F)cc3)CC2)c(C)n1-c1ccc(N2CCCCC2)nc1. The molecule has 2 aromatic heterocycles. The number of aromatic nitrogens is 2. The molecule has 7 heteroatoms. The first-order valence-electron chi connectivity index (χ1n) is 12.2. The average molecular weight is 462 g/mol. The Hall–Kier alpha value is -3.35. The maximum absolute atomic E-state index is 13.4. The first-order valence-corrected chi connectivity index (χ1v) is 12.2. The second-order valence-electron chi connectivity index (χ2n) is 9.30. The van der Waals surface area contributed by atoms with E-state index in [9.17, 15) is 9.18 Å². The van der Waals surface area contributed by atoms with Crippen molar-refractivity contribution in [3.05, 3.63) is 71.4 Å². The van der Waals surface area contributed by atoms with Crippen molar-refractivity contribution < 1.29 is 9.18 Å². The Labute approximate surface area is 200 Å². The van der Waals surface area contributed by atoms with Crippen molar-refractivity contribution in [1.82, 2.24) is 14.5 Å². The lowest BCUT2D eigenvalue weighted by atomic mass is 10.1. The first kappa shape index (κ1) is 22.4. The van der Waals surface area contributed by atoms with Crippen LogP contribution < -0.4 is 9.80 Å². The highest BCUT2D eigenvalue weighted by Gasteiger charge is 2.26. The zero-order valence-electron chi connectivity index (χ0n) is 20.0. The molecule has 2 fully saturated rings. The zero-order chi connectivity index (χ0) is 23.7. The highest BCUT2D eigenvalue weighted by atomic mass is 19.1. The fourth-order valence-electron chi connectivity index (χ4n) is 5.19. The molecule has 0 radical (unpaired) electrons. The molecule has 2 saturated heterocycles. The van der Waals surface area contributed by atoms with E-state index in [-0.39, 0.29) is 11.7 Å². The van der Waals surface area contributed by atoms with Gasteiger partial charge >= 0.3 is 0 Å². The Morgan fingerprint density at radius 1 is 0.824 bits per heavy atom. The van der Waals surface area contributed by atoms with Crippen molar-refractivity contribution in [3.63, 3.8) is 0 Å². The molecule has 0 saturated carbocycles. The smallest absolute Gasteiger partial charge is 0.255 e. The lowest BCUT2D eigenvalue weighted by Gasteiger charge is -2.36. The van der Waals surface area contributed by atoms with E-state index in [1.165, 1.54) is 31.4 Å². The predicted molar refractivity (Wildman–Crippen MR) is 134 cm³/mol. The maximum atomic E-state index is 13.4. The van der Waals surface area contributed by atoms with Gasteiger partial charge in [0, 0.05) is 56.3 Å². The Morgan fingerprint density at radius 3 is 2.15 bits per heavy atom. The Kier molecular flexibility index (Phi) is 6.26. The van der Waals surface area contributed by atoms with Crippen LogP contribution in [0.5, 0.6) is 0 Å². The molecule has 3 aromatic rings. The number of pyridine rings is 1. The van der Waals surface area contributed by atoms with Crippen molar-refractivity contribution in [2.24, 2.45) is 0 Å². The van der Waals surface area contributed by atoms with Gasteiger partial charge in [0.05, 0.1) is 17.4 Å². The summed E-state index contributed by atoms with van der Waals surface area (Å²) in [4.78, 5) is 24.6. The van der Waals surface area contributed by atoms with E-state index in [1.54, 1.807) is 12.1 Å².